The lowest BCUT2D eigenvalue weighted by Gasteiger charge is -2.38. The summed E-state index contributed by atoms with van der Waals surface area (Å²) >= 11 is 0. The van der Waals surface area contributed by atoms with Crippen LogP contribution in [0.3, 0.4) is 0 Å². The second-order valence-electron chi connectivity index (χ2n) is 12.0. The van der Waals surface area contributed by atoms with Crippen LogP contribution in [-0.2, 0) is 4.74 Å². The zero-order chi connectivity index (χ0) is 28.2. The number of fused-ring (bicyclic) bond motifs is 1. The molecule has 1 saturated heterocycles. The lowest BCUT2D eigenvalue weighted by atomic mass is 9.81. The molecule has 3 amide bonds. The molecule has 2 saturated carbocycles. The summed E-state index contributed by atoms with van der Waals surface area (Å²) in [5, 5.41) is 9.53. The van der Waals surface area contributed by atoms with E-state index in [1.807, 2.05) is 0 Å². The lowest BCUT2D eigenvalue weighted by Crippen LogP contribution is -2.58. The summed E-state index contributed by atoms with van der Waals surface area (Å²) in [5.41, 5.74) is 0.670. The second-order valence-corrected chi connectivity index (χ2v) is 12.0. The van der Waals surface area contributed by atoms with E-state index < -0.39 is 54.7 Å². The van der Waals surface area contributed by atoms with Crippen molar-refractivity contribution in [3.05, 3.63) is 29.7 Å². The Morgan fingerprint density at radius 3 is 2.46 bits per heavy atom. The molecule has 0 aromatic carbocycles. The van der Waals surface area contributed by atoms with Gasteiger partial charge in [0.05, 0.1) is 43.3 Å². The summed E-state index contributed by atoms with van der Waals surface area (Å²) in [4.78, 5) is 31.1. The van der Waals surface area contributed by atoms with Crippen molar-refractivity contribution in [1.29, 1.82) is 0 Å². The lowest BCUT2D eigenvalue weighted by molar-refractivity contribution is -0.0501. The first-order valence-electron chi connectivity index (χ1n) is 13.3. The van der Waals surface area contributed by atoms with Gasteiger partial charge in [0.15, 0.2) is 5.65 Å². The molecule has 2 aromatic rings. The minimum atomic E-state index is -3.05. The summed E-state index contributed by atoms with van der Waals surface area (Å²) in [7, 11) is 0. The average Bonchev–Trinajstić information content (AvgIpc) is 3.56. The zero-order valence-electron chi connectivity index (χ0n) is 22.2. The first kappa shape index (κ1) is 27.4. The Kier molecular flexibility index (Phi) is 6.91. The fraction of sp³-hybridized carbons (Fsp3) is 0.692. The number of hydrogen-bond acceptors (Lipinski definition) is 5. The number of nitrogens with one attached hydrogen (secondary N) is 2. The highest BCUT2D eigenvalue weighted by Gasteiger charge is 2.47. The summed E-state index contributed by atoms with van der Waals surface area (Å²) in [6, 6.07) is -0.103. The fourth-order valence-corrected chi connectivity index (χ4v) is 5.51. The van der Waals surface area contributed by atoms with E-state index in [9.17, 15) is 27.2 Å². The van der Waals surface area contributed by atoms with Crippen molar-refractivity contribution in [2.75, 3.05) is 13.1 Å². The maximum absolute atomic E-state index is 14.2. The van der Waals surface area contributed by atoms with E-state index in [1.54, 1.807) is 39.2 Å². The molecule has 2 atom stereocenters. The van der Waals surface area contributed by atoms with E-state index in [1.165, 1.54) is 9.42 Å². The van der Waals surface area contributed by atoms with E-state index in [2.05, 4.69) is 20.7 Å². The summed E-state index contributed by atoms with van der Waals surface area (Å²) in [6.07, 6.45) is 3.92. The molecular weight excluding hydrogens is 520 g/mol. The first-order valence-corrected chi connectivity index (χ1v) is 13.3. The number of amides is 3. The number of halogens is 4. The molecule has 13 heteroatoms. The molecule has 39 heavy (non-hydrogen) atoms. The molecule has 0 unspecified atom stereocenters. The Labute approximate surface area is 223 Å². The van der Waals surface area contributed by atoms with Crippen LogP contribution in [0, 0.1) is 11.8 Å². The van der Waals surface area contributed by atoms with Crippen molar-refractivity contribution in [2.45, 2.75) is 88.8 Å². The van der Waals surface area contributed by atoms with Gasteiger partial charge in [0, 0.05) is 12.8 Å². The Morgan fingerprint density at radius 2 is 1.82 bits per heavy atom. The van der Waals surface area contributed by atoms with Gasteiger partial charge < -0.3 is 20.3 Å². The summed E-state index contributed by atoms with van der Waals surface area (Å²) < 4.78 is 63.1. The Balaban J connectivity index is 1.44. The van der Waals surface area contributed by atoms with Gasteiger partial charge in [-0.1, -0.05) is 0 Å². The largest absolute Gasteiger partial charge is 0.444 e. The van der Waals surface area contributed by atoms with Crippen molar-refractivity contribution in [3.8, 4) is 0 Å². The van der Waals surface area contributed by atoms with Crippen molar-refractivity contribution < 1.29 is 31.9 Å². The SMILES string of the molecule is CC(C)(C)OC(=O)N[C@H](c1cn2ncc([C@@H](C3CC3)N3CC(F)(F)CNC3=O)cc2n1)C1CCC(F)(F)CC1. The van der Waals surface area contributed by atoms with E-state index >= 15 is 0 Å². The van der Waals surface area contributed by atoms with Crippen LogP contribution in [0.2, 0.25) is 0 Å². The van der Waals surface area contributed by atoms with Gasteiger partial charge in [-0.25, -0.2) is 36.7 Å². The van der Waals surface area contributed by atoms with E-state index in [4.69, 9.17) is 4.74 Å². The number of carbonyl (C=O) groups excluding carboxylic acids is 2. The monoisotopic (exact) mass is 554 g/mol. The third-order valence-electron chi connectivity index (χ3n) is 7.49. The van der Waals surface area contributed by atoms with Crippen LogP contribution in [0.5, 0.6) is 0 Å². The topological polar surface area (TPSA) is 101 Å². The predicted octanol–water partition coefficient (Wildman–Crippen LogP) is 5.23. The minimum absolute atomic E-state index is 0.0359. The third-order valence-corrected chi connectivity index (χ3v) is 7.49. The number of hydrogen-bond donors (Lipinski definition) is 2. The molecule has 2 aliphatic carbocycles. The average molecular weight is 555 g/mol. The van der Waals surface area contributed by atoms with Gasteiger partial charge >= 0.3 is 12.1 Å². The van der Waals surface area contributed by atoms with Gasteiger partial charge in [0.1, 0.15) is 5.60 Å². The van der Waals surface area contributed by atoms with Crippen molar-refractivity contribution in [1.82, 2.24) is 30.1 Å². The van der Waals surface area contributed by atoms with Crippen LogP contribution >= 0.6 is 0 Å². The second kappa shape index (κ2) is 9.81. The number of ether oxygens (including phenoxy) is 1. The van der Waals surface area contributed by atoms with Gasteiger partial charge in [-0.05, 0) is 69.9 Å². The molecule has 2 N–H and O–H groups in total. The number of alkyl halides is 4. The molecule has 0 radical (unpaired) electrons. The van der Waals surface area contributed by atoms with Gasteiger partial charge in [0.2, 0.25) is 5.92 Å². The Hall–Kier alpha value is -3.12. The smallest absolute Gasteiger partial charge is 0.408 e. The molecule has 1 aliphatic heterocycles. The highest BCUT2D eigenvalue weighted by Crippen LogP contribution is 2.46. The maximum atomic E-state index is 14.2. The predicted molar refractivity (Wildman–Crippen MR) is 133 cm³/mol. The van der Waals surface area contributed by atoms with Gasteiger partial charge in [-0.15, -0.1) is 0 Å². The Bertz CT molecular complexity index is 1230. The number of carbonyl (C=O) groups is 2. The number of aromatic nitrogens is 3. The molecular formula is C26H34F4N6O3. The quantitative estimate of drug-likeness (QED) is 0.476. The zero-order valence-corrected chi connectivity index (χ0v) is 22.2. The first-order chi connectivity index (χ1) is 18.2. The molecule has 3 heterocycles. The number of rotatable bonds is 6. The van der Waals surface area contributed by atoms with Crippen molar-refractivity contribution in [3.63, 3.8) is 0 Å². The van der Waals surface area contributed by atoms with E-state index in [-0.39, 0.29) is 37.5 Å². The van der Waals surface area contributed by atoms with E-state index in [0.717, 1.165) is 12.8 Å². The summed E-state index contributed by atoms with van der Waals surface area (Å²) in [5.74, 6) is -6.04. The van der Waals surface area contributed by atoms with Crippen molar-refractivity contribution in [2.24, 2.45) is 11.8 Å². The van der Waals surface area contributed by atoms with Crippen LogP contribution in [0.4, 0.5) is 27.2 Å². The molecule has 9 nitrogen and oxygen atoms in total. The van der Waals surface area contributed by atoms with Crippen LogP contribution in [0.25, 0.3) is 5.65 Å². The molecule has 5 rings (SSSR count). The number of urea groups is 1. The Morgan fingerprint density at radius 1 is 1.13 bits per heavy atom. The number of imidazole rings is 1. The number of alkyl carbamates (subject to hydrolysis) is 1. The van der Waals surface area contributed by atoms with Crippen LogP contribution in [-0.4, -0.2) is 62.2 Å². The van der Waals surface area contributed by atoms with Crippen LogP contribution in [0.15, 0.2) is 18.5 Å². The van der Waals surface area contributed by atoms with Gasteiger partial charge in [-0.3, -0.25) is 0 Å². The van der Waals surface area contributed by atoms with Crippen LogP contribution < -0.4 is 10.6 Å². The highest BCUT2D eigenvalue weighted by atomic mass is 19.3. The third kappa shape index (κ3) is 6.38. The standard InChI is InChI=1S/C26H34F4N6O3/c1-24(2,3)39-23(38)34-20(15-6-8-25(27,28)9-7-15)18-12-36-19(33-18)10-17(11-32-36)21(16-4-5-16)35-14-26(29,30)13-31-22(35)37/h10-12,15-16,20-21H,4-9,13-14H2,1-3H3,(H,31,37)(H,34,38)/t20-,21+/m0/s1. The molecule has 214 valence electrons. The van der Waals surface area contributed by atoms with Gasteiger partial charge in [0.25, 0.3) is 5.92 Å². The normalized spacial score (nSPS) is 23.3. The number of nitrogens with zero attached hydrogens (tertiary/aromatic N) is 4. The van der Waals surface area contributed by atoms with Crippen molar-refractivity contribution >= 4 is 17.8 Å². The minimum Gasteiger partial charge on any atom is -0.444 e. The molecule has 3 fully saturated rings. The van der Waals surface area contributed by atoms with E-state index in [0.29, 0.717) is 16.9 Å². The summed E-state index contributed by atoms with van der Waals surface area (Å²) in [6.45, 7) is 3.81. The highest BCUT2D eigenvalue weighted by molar-refractivity contribution is 5.76. The molecule has 3 aliphatic rings. The van der Waals surface area contributed by atoms with Gasteiger partial charge in [-0.2, -0.15) is 5.10 Å². The molecule has 0 spiro atoms. The van der Waals surface area contributed by atoms with Crippen LogP contribution in [0.1, 0.15) is 82.6 Å². The fourth-order valence-electron chi connectivity index (χ4n) is 5.51. The maximum Gasteiger partial charge on any atom is 0.408 e. The molecule has 2 aromatic heterocycles. The molecule has 0 bridgehead atoms.